The van der Waals surface area contributed by atoms with Gasteiger partial charge in [-0.15, -0.1) is 0 Å². The summed E-state index contributed by atoms with van der Waals surface area (Å²) in [6.07, 6.45) is 5.10. The highest BCUT2D eigenvalue weighted by atomic mass is 16.5. The van der Waals surface area contributed by atoms with Crippen molar-refractivity contribution in [2.24, 2.45) is 4.99 Å². The van der Waals surface area contributed by atoms with Gasteiger partial charge in [0.1, 0.15) is 28.5 Å². The molecule has 8 rings (SSSR count). The lowest BCUT2D eigenvalue weighted by molar-refractivity contribution is 0.0580. The molecule has 284 valence electrons. The van der Waals surface area contributed by atoms with Gasteiger partial charge in [-0.05, 0) is 132 Å². The molecular weight excluding hydrogens is 675 g/mol. The van der Waals surface area contributed by atoms with Crippen LogP contribution in [0.25, 0.3) is 11.1 Å². The topological polar surface area (TPSA) is 47.0 Å². The summed E-state index contributed by atoms with van der Waals surface area (Å²) in [5.41, 5.74) is 11.2. The Labute approximate surface area is 328 Å². The summed E-state index contributed by atoms with van der Waals surface area (Å²) in [7, 11) is 0. The van der Waals surface area contributed by atoms with E-state index in [1.54, 1.807) is 0 Å². The molecule has 0 spiro atoms. The Morgan fingerprint density at radius 2 is 1.40 bits per heavy atom. The molecule has 5 aromatic rings. The first kappa shape index (κ1) is 37.0. The lowest BCUT2D eigenvalue weighted by Gasteiger charge is -2.41. The zero-order valence-corrected chi connectivity index (χ0v) is 34.7. The average Bonchev–Trinajstić information content (AvgIpc) is 3.57. The third kappa shape index (κ3) is 6.24. The number of ether oxygens (including phenoxy) is 2. The summed E-state index contributed by atoms with van der Waals surface area (Å²) in [5, 5.41) is 0. The molecule has 0 saturated heterocycles. The zero-order valence-electron chi connectivity index (χ0n) is 34.7. The second kappa shape index (κ2) is 13.1. The molecule has 0 bridgehead atoms. The van der Waals surface area contributed by atoms with Gasteiger partial charge >= 0.3 is 0 Å². The lowest BCUT2D eigenvalue weighted by Crippen LogP contribution is -2.41. The second-order valence-electron chi connectivity index (χ2n) is 18.7. The Hall–Kier alpha value is -4.90. The van der Waals surface area contributed by atoms with E-state index in [1.807, 2.05) is 6.20 Å². The molecule has 1 saturated carbocycles. The van der Waals surface area contributed by atoms with Crippen LogP contribution in [-0.4, -0.2) is 22.0 Å². The molecule has 3 aliphatic rings. The molecule has 0 N–H and O–H groups in total. The number of anilines is 3. The zero-order chi connectivity index (χ0) is 39.1. The predicted octanol–water partition coefficient (Wildman–Crippen LogP) is 13.7. The van der Waals surface area contributed by atoms with Crippen molar-refractivity contribution in [1.82, 2.24) is 4.98 Å². The number of benzene rings is 4. The first-order chi connectivity index (χ1) is 26.0. The summed E-state index contributed by atoms with van der Waals surface area (Å²) in [5.74, 6) is 3.83. The first-order valence-electron chi connectivity index (χ1n) is 20.3. The van der Waals surface area contributed by atoms with Gasteiger partial charge in [0.15, 0.2) is 0 Å². The maximum atomic E-state index is 7.01. The van der Waals surface area contributed by atoms with E-state index in [4.69, 9.17) is 19.5 Å². The first-order valence-corrected chi connectivity index (χ1v) is 20.3. The molecule has 5 heteroatoms. The van der Waals surface area contributed by atoms with Gasteiger partial charge in [0.2, 0.25) is 5.90 Å². The molecule has 2 aliphatic heterocycles. The van der Waals surface area contributed by atoms with Crippen LogP contribution in [0.3, 0.4) is 0 Å². The number of aromatic nitrogens is 1. The van der Waals surface area contributed by atoms with Crippen LogP contribution in [-0.2, 0) is 15.6 Å². The third-order valence-electron chi connectivity index (χ3n) is 12.7. The highest BCUT2D eigenvalue weighted by Gasteiger charge is 2.55. The third-order valence-corrected chi connectivity index (χ3v) is 12.7. The fourth-order valence-corrected chi connectivity index (χ4v) is 9.18. The van der Waals surface area contributed by atoms with Gasteiger partial charge in [0, 0.05) is 23.2 Å². The molecule has 55 heavy (non-hydrogen) atoms. The van der Waals surface area contributed by atoms with Crippen LogP contribution in [0, 0.1) is 0 Å². The van der Waals surface area contributed by atoms with Gasteiger partial charge in [-0.3, -0.25) is 4.90 Å². The summed E-state index contributed by atoms with van der Waals surface area (Å²) in [6.45, 7) is 25.0. The Kier molecular flexibility index (Phi) is 8.83. The van der Waals surface area contributed by atoms with Gasteiger partial charge < -0.3 is 9.47 Å². The Morgan fingerprint density at radius 1 is 0.709 bits per heavy atom. The smallest absolute Gasteiger partial charge is 0.217 e. The van der Waals surface area contributed by atoms with E-state index in [9.17, 15) is 0 Å². The highest BCUT2D eigenvalue weighted by molar-refractivity contribution is 5.98. The van der Waals surface area contributed by atoms with Crippen molar-refractivity contribution >= 4 is 23.1 Å². The molecule has 0 radical (unpaired) electrons. The minimum Gasteiger partial charge on any atom is -0.469 e. The van der Waals surface area contributed by atoms with Gasteiger partial charge in [0.25, 0.3) is 0 Å². The van der Waals surface area contributed by atoms with Crippen LogP contribution >= 0.6 is 0 Å². The van der Waals surface area contributed by atoms with Gasteiger partial charge in [0.05, 0.1) is 11.4 Å². The van der Waals surface area contributed by atoms with Crippen molar-refractivity contribution in [3.63, 3.8) is 0 Å². The molecular formula is C50H57N3O2. The standard InChI is InChI=1S/C50H57N3O2/c1-31(2)38-16-14-17-39(32(3)4)45(38)33-26-34(46-52-49(10)23-15-24-50(49,11)55-46)28-37(27-33)54-36-20-21-41-43(30-36)53(42-19-13-12-18-40(42)48(41,8)9)44-29-35(22-25-51-44)47(5,6)7/h12-14,16-22,25-32H,15,23-24H2,1-11H3/t49-,50+/m1/s1. The molecule has 0 unspecified atom stereocenters. The number of para-hydroxylation sites is 1. The van der Waals surface area contributed by atoms with E-state index in [2.05, 4.69) is 172 Å². The van der Waals surface area contributed by atoms with Crippen LogP contribution < -0.4 is 9.64 Å². The van der Waals surface area contributed by atoms with E-state index in [0.717, 1.165) is 59.1 Å². The minimum atomic E-state index is -0.304. The van der Waals surface area contributed by atoms with Crippen molar-refractivity contribution in [3.05, 3.63) is 131 Å². The van der Waals surface area contributed by atoms with Crippen LogP contribution in [0.5, 0.6) is 11.5 Å². The van der Waals surface area contributed by atoms with Gasteiger partial charge in [-0.2, -0.15) is 0 Å². The molecule has 1 aliphatic carbocycles. The molecule has 4 aromatic carbocycles. The number of pyridine rings is 1. The summed E-state index contributed by atoms with van der Waals surface area (Å²) >= 11 is 0. The van der Waals surface area contributed by atoms with Crippen LogP contribution in [0.1, 0.15) is 141 Å². The number of fused-ring (bicyclic) bond motifs is 3. The number of aliphatic imine (C=N–C) groups is 1. The SMILES string of the molecule is CC(C)c1cccc(C(C)C)c1-c1cc(Oc2ccc3c(c2)N(c2cc(C(C)(C)C)ccn2)c2ccccc2C3(C)C)cc(C2=N[C@]3(C)CCC[C@]3(C)O2)c1. The Balaban J connectivity index is 1.29. The van der Waals surface area contributed by atoms with Crippen molar-refractivity contribution in [1.29, 1.82) is 0 Å². The minimum absolute atomic E-state index is 0.0206. The fourth-order valence-electron chi connectivity index (χ4n) is 9.18. The van der Waals surface area contributed by atoms with Crippen molar-refractivity contribution < 1.29 is 9.47 Å². The number of rotatable bonds is 7. The summed E-state index contributed by atoms with van der Waals surface area (Å²) in [4.78, 5) is 12.6. The van der Waals surface area contributed by atoms with Gasteiger partial charge in [-0.1, -0.05) is 105 Å². The van der Waals surface area contributed by atoms with Gasteiger partial charge in [-0.25, -0.2) is 9.98 Å². The molecule has 5 nitrogen and oxygen atoms in total. The monoisotopic (exact) mass is 731 g/mol. The lowest BCUT2D eigenvalue weighted by atomic mass is 9.73. The van der Waals surface area contributed by atoms with Crippen molar-refractivity contribution in [2.45, 2.75) is 129 Å². The largest absolute Gasteiger partial charge is 0.469 e. The Morgan fingerprint density at radius 3 is 2.09 bits per heavy atom. The normalized spacial score (nSPS) is 21.3. The number of hydrogen-bond acceptors (Lipinski definition) is 5. The molecule has 0 amide bonds. The predicted molar refractivity (Wildman–Crippen MR) is 228 cm³/mol. The van der Waals surface area contributed by atoms with E-state index in [0.29, 0.717) is 17.7 Å². The highest BCUT2D eigenvalue weighted by Crippen LogP contribution is 2.53. The van der Waals surface area contributed by atoms with Crippen LogP contribution in [0.4, 0.5) is 17.2 Å². The van der Waals surface area contributed by atoms with Crippen LogP contribution in [0.2, 0.25) is 0 Å². The van der Waals surface area contributed by atoms with E-state index < -0.39 is 0 Å². The second-order valence-corrected chi connectivity index (χ2v) is 18.7. The molecule has 1 fully saturated rings. The average molecular weight is 732 g/mol. The van der Waals surface area contributed by atoms with Crippen molar-refractivity contribution in [2.75, 3.05) is 4.90 Å². The summed E-state index contributed by atoms with van der Waals surface area (Å²) in [6, 6.07) is 33.0. The van der Waals surface area contributed by atoms with E-state index >= 15 is 0 Å². The van der Waals surface area contributed by atoms with E-state index in [1.165, 1.54) is 33.4 Å². The molecule has 3 heterocycles. The van der Waals surface area contributed by atoms with E-state index in [-0.39, 0.29) is 22.0 Å². The fraction of sp³-hybridized carbons (Fsp3) is 0.400. The summed E-state index contributed by atoms with van der Waals surface area (Å²) < 4.78 is 13.8. The maximum Gasteiger partial charge on any atom is 0.217 e. The maximum absolute atomic E-state index is 7.01. The Bertz CT molecular complexity index is 2300. The van der Waals surface area contributed by atoms with Crippen molar-refractivity contribution in [3.8, 4) is 22.6 Å². The van der Waals surface area contributed by atoms with Crippen LogP contribution in [0.15, 0.2) is 102 Å². The quantitative estimate of drug-likeness (QED) is 0.167. The number of hydrogen-bond donors (Lipinski definition) is 0. The molecule has 1 aromatic heterocycles. The number of nitrogens with zero attached hydrogens (tertiary/aromatic N) is 3. The molecule has 2 atom stereocenters.